The van der Waals surface area contributed by atoms with E-state index >= 15 is 0 Å². The summed E-state index contributed by atoms with van der Waals surface area (Å²) < 4.78 is 0. The first-order chi connectivity index (χ1) is 10.4. The van der Waals surface area contributed by atoms with Crippen LogP contribution in [0.2, 0.25) is 0 Å². The smallest absolute Gasteiger partial charge is 0.118 e. The van der Waals surface area contributed by atoms with Crippen molar-refractivity contribution in [3.05, 3.63) is 108 Å². The van der Waals surface area contributed by atoms with Crippen LogP contribution in [0.25, 0.3) is 0 Å². The average molecular weight is 275 g/mol. The van der Waals surface area contributed by atoms with Gasteiger partial charge < -0.3 is 5.21 Å². The van der Waals surface area contributed by atoms with Crippen molar-refractivity contribution in [2.24, 2.45) is 0 Å². The number of hydroxylamine groups is 1. The van der Waals surface area contributed by atoms with Crippen LogP contribution in [0.15, 0.2) is 91.0 Å². The van der Waals surface area contributed by atoms with Crippen molar-refractivity contribution in [1.29, 1.82) is 0 Å². The van der Waals surface area contributed by atoms with E-state index in [2.05, 4.69) is 5.48 Å². The first-order valence-electron chi connectivity index (χ1n) is 6.96. The molecule has 0 bridgehead atoms. The summed E-state index contributed by atoms with van der Waals surface area (Å²) in [6, 6.07) is 29.9. The third-order valence-electron chi connectivity index (χ3n) is 3.79. The second kappa shape index (κ2) is 5.92. The van der Waals surface area contributed by atoms with Crippen LogP contribution < -0.4 is 5.48 Å². The SMILES string of the molecule is ONC(c1ccccc1)(c1ccccc1)c1ccccc1. The maximum Gasteiger partial charge on any atom is 0.118 e. The van der Waals surface area contributed by atoms with E-state index < -0.39 is 5.54 Å². The Bertz CT molecular complexity index is 584. The van der Waals surface area contributed by atoms with Crippen LogP contribution in [0, 0.1) is 0 Å². The van der Waals surface area contributed by atoms with Crippen LogP contribution >= 0.6 is 0 Å². The van der Waals surface area contributed by atoms with Crippen LogP contribution in [-0.4, -0.2) is 5.21 Å². The van der Waals surface area contributed by atoms with Gasteiger partial charge in [0.2, 0.25) is 0 Å². The largest absolute Gasteiger partial charge is 0.315 e. The molecule has 0 spiro atoms. The summed E-state index contributed by atoms with van der Waals surface area (Å²) in [5.74, 6) is 0. The lowest BCUT2D eigenvalue weighted by Gasteiger charge is -2.34. The Morgan fingerprint density at radius 1 is 0.524 bits per heavy atom. The first-order valence-corrected chi connectivity index (χ1v) is 6.96. The Hall–Kier alpha value is -2.42. The predicted octanol–water partition coefficient (Wildman–Crippen LogP) is 3.96. The van der Waals surface area contributed by atoms with E-state index in [1.807, 2.05) is 91.0 Å². The summed E-state index contributed by atoms with van der Waals surface area (Å²) in [6.45, 7) is 0. The number of rotatable bonds is 4. The lowest BCUT2D eigenvalue weighted by atomic mass is 9.78. The molecule has 0 unspecified atom stereocenters. The van der Waals surface area contributed by atoms with Crippen LogP contribution in [-0.2, 0) is 5.54 Å². The number of hydrogen-bond donors (Lipinski definition) is 2. The van der Waals surface area contributed by atoms with Crippen molar-refractivity contribution in [1.82, 2.24) is 5.48 Å². The summed E-state index contributed by atoms with van der Waals surface area (Å²) in [5.41, 5.74) is 4.76. The number of hydrogen-bond acceptors (Lipinski definition) is 2. The van der Waals surface area contributed by atoms with Crippen LogP contribution in [0.3, 0.4) is 0 Å². The molecule has 0 fully saturated rings. The molecule has 21 heavy (non-hydrogen) atoms. The highest BCUT2D eigenvalue weighted by molar-refractivity contribution is 5.48. The Balaban J connectivity index is 2.29. The van der Waals surface area contributed by atoms with Crippen LogP contribution in [0.1, 0.15) is 16.7 Å². The minimum atomic E-state index is -0.774. The second-order valence-corrected chi connectivity index (χ2v) is 4.96. The molecule has 3 aromatic rings. The van der Waals surface area contributed by atoms with Gasteiger partial charge in [0.05, 0.1) is 0 Å². The molecule has 0 saturated heterocycles. The zero-order valence-corrected chi connectivity index (χ0v) is 11.6. The van der Waals surface area contributed by atoms with Gasteiger partial charge in [0.25, 0.3) is 0 Å². The molecule has 0 heterocycles. The van der Waals surface area contributed by atoms with Gasteiger partial charge in [0.15, 0.2) is 0 Å². The lowest BCUT2D eigenvalue weighted by molar-refractivity contribution is 0.103. The molecule has 3 aromatic carbocycles. The first kappa shape index (κ1) is 13.6. The highest BCUT2D eigenvalue weighted by Gasteiger charge is 2.35. The van der Waals surface area contributed by atoms with Crippen molar-refractivity contribution in [3.8, 4) is 0 Å². The van der Waals surface area contributed by atoms with Gasteiger partial charge in [-0.3, -0.25) is 0 Å². The summed E-state index contributed by atoms with van der Waals surface area (Å²) in [7, 11) is 0. The van der Waals surface area contributed by atoms with Gasteiger partial charge in [-0.15, -0.1) is 0 Å². The monoisotopic (exact) mass is 275 g/mol. The highest BCUT2D eigenvalue weighted by Crippen LogP contribution is 2.35. The molecule has 0 amide bonds. The molecule has 0 atom stereocenters. The molecule has 0 aliphatic carbocycles. The van der Waals surface area contributed by atoms with Crippen LogP contribution in [0.4, 0.5) is 0 Å². The standard InChI is InChI=1S/C19H17NO/c21-20-19(16-10-4-1-5-11-16,17-12-6-2-7-13-17)18-14-8-3-9-15-18/h1-15,20-21H. The number of nitrogens with one attached hydrogen (secondary N) is 1. The maximum absolute atomic E-state index is 10.1. The van der Waals surface area contributed by atoms with Gasteiger partial charge in [-0.05, 0) is 16.7 Å². The molecule has 2 nitrogen and oxygen atoms in total. The van der Waals surface area contributed by atoms with Crippen molar-refractivity contribution in [2.75, 3.05) is 0 Å². The molecular formula is C19H17NO. The van der Waals surface area contributed by atoms with Crippen LogP contribution in [0.5, 0.6) is 0 Å². The molecule has 2 heteroatoms. The zero-order valence-electron chi connectivity index (χ0n) is 11.6. The van der Waals surface area contributed by atoms with Crippen molar-refractivity contribution < 1.29 is 5.21 Å². The zero-order chi connectivity index (χ0) is 14.5. The van der Waals surface area contributed by atoms with E-state index in [4.69, 9.17) is 0 Å². The van der Waals surface area contributed by atoms with E-state index in [0.717, 1.165) is 16.7 Å². The molecule has 0 saturated carbocycles. The normalized spacial score (nSPS) is 11.3. The predicted molar refractivity (Wildman–Crippen MR) is 84.1 cm³/mol. The molecule has 0 radical (unpaired) electrons. The van der Waals surface area contributed by atoms with E-state index in [9.17, 15) is 5.21 Å². The summed E-state index contributed by atoms with van der Waals surface area (Å²) >= 11 is 0. The molecule has 0 aromatic heterocycles. The summed E-state index contributed by atoms with van der Waals surface area (Å²) in [6.07, 6.45) is 0. The molecule has 0 aliphatic heterocycles. The molecule has 3 rings (SSSR count). The van der Waals surface area contributed by atoms with Crippen molar-refractivity contribution in [3.63, 3.8) is 0 Å². The topological polar surface area (TPSA) is 32.3 Å². The van der Waals surface area contributed by atoms with E-state index in [-0.39, 0.29) is 0 Å². The van der Waals surface area contributed by atoms with E-state index in [0.29, 0.717) is 0 Å². The van der Waals surface area contributed by atoms with Gasteiger partial charge >= 0.3 is 0 Å². The molecule has 104 valence electrons. The van der Waals surface area contributed by atoms with Gasteiger partial charge in [0, 0.05) is 0 Å². The van der Waals surface area contributed by atoms with E-state index in [1.54, 1.807) is 0 Å². The van der Waals surface area contributed by atoms with Gasteiger partial charge in [-0.2, -0.15) is 5.48 Å². The second-order valence-electron chi connectivity index (χ2n) is 4.96. The Kier molecular flexibility index (Phi) is 3.82. The number of benzene rings is 3. The summed E-state index contributed by atoms with van der Waals surface area (Å²) in [4.78, 5) is 0. The quantitative estimate of drug-likeness (QED) is 0.558. The highest BCUT2D eigenvalue weighted by atomic mass is 16.5. The van der Waals surface area contributed by atoms with Gasteiger partial charge in [-0.25, -0.2) is 0 Å². The summed E-state index contributed by atoms with van der Waals surface area (Å²) in [5, 5.41) is 10.1. The fourth-order valence-corrected chi connectivity index (χ4v) is 2.76. The molecule has 2 N–H and O–H groups in total. The fraction of sp³-hybridized carbons (Fsp3) is 0.0526. The van der Waals surface area contributed by atoms with E-state index in [1.165, 1.54) is 0 Å². The third kappa shape index (κ3) is 2.35. The van der Waals surface area contributed by atoms with Crippen molar-refractivity contribution >= 4 is 0 Å². The Morgan fingerprint density at radius 2 is 0.810 bits per heavy atom. The Morgan fingerprint density at radius 3 is 1.05 bits per heavy atom. The lowest BCUT2D eigenvalue weighted by Crippen LogP contribution is -2.42. The molecular weight excluding hydrogens is 258 g/mol. The van der Waals surface area contributed by atoms with Gasteiger partial charge in [-0.1, -0.05) is 91.0 Å². The average Bonchev–Trinajstić information content (AvgIpc) is 2.59. The minimum absolute atomic E-state index is 0.774. The molecule has 0 aliphatic rings. The fourth-order valence-electron chi connectivity index (χ4n) is 2.76. The van der Waals surface area contributed by atoms with Crippen molar-refractivity contribution in [2.45, 2.75) is 5.54 Å². The maximum atomic E-state index is 10.1. The third-order valence-corrected chi connectivity index (χ3v) is 3.79. The Labute approximate surface area is 124 Å². The van der Waals surface area contributed by atoms with Gasteiger partial charge in [0.1, 0.15) is 5.54 Å². The minimum Gasteiger partial charge on any atom is -0.315 e.